The van der Waals surface area contributed by atoms with E-state index in [4.69, 9.17) is 4.74 Å². The van der Waals surface area contributed by atoms with Crippen molar-refractivity contribution in [3.8, 4) is 5.75 Å². The van der Waals surface area contributed by atoms with Gasteiger partial charge in [-0.1, -0.05) is 47.5 Å². The van der Waals surface area contributed by atoms with E-state index in [0.29, 0.717) is 11.8 Å². The molecule has 0 aromatic heterocycles. The summed E-state index contributed by atoms with van der Waals surface area (Å²) in [5.41, 5.74) is 3.77. The minimum atomic E-state index is 0.565. The van der Waals surface area contributed by atoms with Crippen LogP contribution >= 0.6 is 15.9 Å². The molecule has 1 atom stereocenters. The largest absolute Gasteiger partial charge is 0.493 e. The van der Waals surface area contributed by atoms with Crippen LogP contribution in [0.1, 0.15) is 30.5 Å². The van der Waals surface area contributed by atoms with E-state index in [2.05, 4.69) is 62.7 Å². The Kier molecular flexibility index (Phi) is 5.51. The summed E-state index contributed by atoms with van der Waals surface area (Å²) in [7, 11) is 0. The molecule has 1 nitrogen and oxygen atoms in total. The lowest BCUT2D eigenvalue weighted by Crippen LogP contribution is -2.19. The lowest BCUT2D eigenvalue weighted by Gasteiger charge is -2.20. The maximum absolute atomic E-state index is 6.01. The van der Waals surface area contributed by atoms with Gasteiger partial charge in [0, 0.05) is 11.2 Å². The number of ether oxygens (including phenoxy) is 1. The Morgan fingerprint density at radius 2 is 1.65 bits per heavy atom. The molecule has 0 heterocycles. The van der Waals surface area contributed by atoms with E-state index in [9.17, 15) is 0 Å². The number of aryl methyl sites for hydroxylation is 3. The van der Waals surface area contributed by atoms with Crippen molar-refractivity contribution < 1.29 is 4.74 Å². The summed E-state index contributed by atoms with van der Waals surface area (Å²) >= 11 is 3.56. The molecule has 96 valence electrons. The molecule has 2 heteroatoms. The number of benzene rings is 1. The van der Waals surface area contributed by atoms with Gasteiger partial charge in [-0.15, -0.1) is 0 Å². The van der Waals surface area contributed by atoms with Crippen molar-refractivity contribution in [2.45, 2.75) is 34.6 Å². The highest BCUT2D eigenvalue weighted by Crippen LogP contribution is 2.26. The number of halogens is 1. The zero-order valence-corrected chi connectivity index (χ0v) is 13.1. The Morgan fingerprint density at radius 1 is 1.12 bits per heavy atom. The van der Waals surface area contributed by atoms with E-state index >= 15 is 0 Å². The van der Waals surface area contributed by atoms with Crippen LogP contribution in [0.5, 0.6) is 5.75 Å². The van der Waals surface area contributed by atoms with Gasteiger partial charge < -0.3 is 4.74 Å². The molecular formula is C15H23BrO. The minimum Gasteiger partial charge on any atom is -0.493 e. The van der Waals surface area contributed by atoms with Crippen LogP contribution in [0.3, 0.4) is 0 Å². The highest BCUT2D eigenvalue weighted by molar-refractivity contribution is 9.09. The van der Waals surface area contributed by atoms with E-state index in [-0.39, 0.29) is 0 Å². The molecule has 0 aliphatic rings. The normalized spacial score (nSPS) is 12.9. The van der Waals surface area contributed by atoms with Gasteiger partial charge in [-0.05, 0) is 37.8 Å². The molecule has 0 radical (unpaired) electrons. The lowest BCUT2D eigenvalue weighted by atomic mass is 9.99. The van der Waals surface area contributed by atoms with Gasteiger partial charge in [-0.2, -0.15) is 0 Å². The zero-order chi connectivity index (χ0) is 13.0. The van der Waals surface area contributed by atoms with Gasteiger partial charge in [0.25, 0.3) is 0 Å². The summed E-state index contributed by atoms with van der Waals surface area (Å²) in [5, 5.41) is 0.995. The van der Waals surface area contributed by atoms with E-state index in [1.54, 1.807) is 0 Å². The average molecular weight is 299 g/mol. The summed E-state index contributed by atoms with van der Waals surface area (Å²) in [5.74, 6) is 2.26. The maximum Gasteiger partial charge on any atom is 0.125 e. The van der Waals surface area contributed by atoms with Gasteiger partial charge in [0.1, 0.15) is 5.75 Å². The minimum absolute atomic E-state index is 0.565. The van der Waals surface area contributed by atoms with Crippen molar-refractivity contribution in [2.75, 3.05) is 11.9 Å². The Labute approximate surface area is 114 Å². The molecule has 0 bridgehead atoms. The van der Waals surface area contributed by atoms with Crippen LogP contribution in [0, 0.1) is 32.6 Å². The van der Waals surface area contributed by atoms with E-state index in [1.807, 2.05) is 0 Å². The predicted molar refractivity (Wildman–Crippen MR) is 78.3 cm³/mol. The Balaban J connectivity index is 2.75. The maximum atomic E-state index is 6.01. The van der Waals surface area contributed by atoms with Crippen molar-refractivity contribution in [2.24, 2.45) is 11.8 Å². The predicted octanol–water partition coefficient (Wildman–Crippen LogP) is 4.66. The molecule has 0 aliphatic carbocycles. The SMILES string of the molecule is Cc1cc(C)c(OCC(CBr)C(C)C)c(C)c1. The van der Waals surface area contributed by atoms with Crippen molar-refractivity contribution in [3.63, 3.8) is 0 Å². The van der Waals surface area contributed by atoms with E-state index in [1.165, 1.54) is 16.7 Å². The molecule has 1 aromatic rings. The van der Waals surface area contributed by atoms with E-state index < -0.39 is 0 Å². The summed E-state index contributed by atoms with van der Waals surface area (Å²) in [6, 6.07) is 4.36. The van der Waals surface area contributed by atoms with Crippen LogP contribution in [0.15, 0.2) is 12.1 Å². The van der Waals surface area contributed by atoms with Gasteiger partial charge in [-0.25, -0.2) is 0 Å². The highest BCUT2D eigenvalue weighted by Gasteiger charge is 2.14. The summed E-state index contributed by atoms with van der Waals surface area (Å²) in [6.45, 7) is 11.6. The number of hydrogen-bond acceptors (Lipinski definition) is 1. The second-order valence-electron chi connectivity index (χ2n) is 5.20. The third kappa shape index (κ3) is 4.02. The van der Waals surface area contributed by atoms with Crippen LogP contribution < -0.4 is 4.74 Å². The molecule has 0 N–H and O–H groups in total. The number of alkyl halides is 1. The lowest BCUT2D eigenvalue weighted by molar-refractivity contribution is 0.225. The summed E-state index contributed by atoms with van der Waals surface area (Å²) in [4.78, 5) is 0. The van der Waals surface area contributed by atoms with E-state index in [0.717, 1.165) is 17.7 Å². The monoisotopic (exact) mass is 298 g/mol. The number of rotatable bonds is 5. The Morgan fingerprint density at radius 3 is 2.06 bits per heavy atom. The van der Waals surface area contributed by atoms with Crippen molar-refractivity contribution in [1.82, 2.24) is 0 Å². The molecule has 0 saturated heterocycles. The van der Waals surface area contributed by atoms with Gasteiger partial charge in [-0.3, -0.25) is 0 Å². The summed E-state index contributed by atoms with van der Waals surface area (Å²) in [6.07, 6.45) is 0. The fraction of sp³-hybridized carbons (Fsp3) is 0.600. The molecule has 1 unspecified atom stereocenters. The zero-order valence-electron chi connectivity index (χ0n) is 11.5. The van der Waals surface area contributed by atoms with Crippen LogP contribution in [-0.2, 0) is 0 Å². The topological polar surface area (TPSA) is 9.23 Å². The summed E-state index contributed by atoms with van der Waals surface area (Å²) < 4.78 is 6.01. The van der Waals surface area contributed by atoms with Gasteiger partial charge >= 0.3 is 0 Å². The smallest absolute Gasteiger partial charge is 0.125 e. The Bertz CT molecular complexity index is 348. The van der Waals surface area contributed by atoms with Gasteiger partial charge in [0.2, 0.25) is 0 Å². The second-order valence-corrected chi connectivity index (χ2v) is 5.84. The third-order valence-corrected chi connectivity index (χ3v) is 4.02. The molecule has 0 saturated carbocycles. The average Bonchev–Trinajstić information content (AvgIpc) is 2.21. The molecule has 0 spiro atoms. The standard InChI is InChI=1S/C15H23BrO/c1-10(2)14(8-16)9-17-15-12(4)6-11(3)7-13(15)5/h6-7,10,14H,8-9H2,1-5H3. The first-order valence-corrected chi connectivity index (χ1v) is 7.34. The molecule has 17 heavy (non-hydrogen) atoms. The van der Waals surface area contributed by atoms with Crippen molar-refractivity contribution in [3.05, 3.63) is 28.8 Å². The van der Waals surface area contributed by atoms with Gasteiger partial charge in [0.05, 0.1) is 6.61 Å². The molecule has 1 aromatic carbocycles. The second kappa shape index (κ2) is 6.44. The first-order valence-electron chi connectivity index (χ1n) is 6.22. The molecule has 0 amide bonds. The first-order chi connectivity index (χ1) is 7.95. The van der Waals surface area contributed by atoms with Crippen LogP contribution in [0.2, 0.25) is 0 Å². The van der Waals surface area contributed by atoms with Crippen molar-refractivity contribution >= 4 is 15.9 Å². The highest BCUT2D eigenvalue weighted by atomic mass is 79.9. The first kappa shape index (κ1) is 14.6. The number of hydrogen-bond donors (Lipinski definition) is 0. The molecule has 0 fully saturated rings. The van der Waals surface area contributed by atoms with Crippen LogP contribution in [0.4, 0.5) is 0 Å². The quantitative estimate of drug-likeness (QED) is 0.719. The Hall–Kier alpha value is -0.500. The molecule has 1 rings (SSSR count). The third-order valence-electron chi connectivity index (χ3n) is 3.19. The van der Waals surface area contributed by atoms with Crippen molar-refractivity contribution in [1.29, 1.82) is 0 Å². The van der Waals surface area contributed by atoms with Crippen LogP contribution in [-0.4, -0.2) is 11.9 Å². The molecule has 0 aliphatic heterocycles. The fourth-order valence-corrected chi connectivity index (χ4v) is 2.93. The van der Waals surface area contributed by atoms with Gasteiger partial charge in [0.15, 0.2) is 0 Å². The molecular weight excluding hydrogens is 276 g/mol. The fourth-order valence-electron chi connectivity index (χ4n) is 2.00. The van der Waals surface area contributed by atoms with Crippen LogP contribution in [0.25, 0.3) is 0 Å².